The predicted octanol–water partition coefficient (Wildman–Crippen LogP) is 7.08. The lowest BCUT2D eigenvalue weighted by molar-refractivity contribution is -0.132. The van der Waals surface area contributed by atoms with E-state index < -0.39 is 17.7 Å². The number of amides is 1. The topological polar surface area (TPSA) is 76.1 Å². The zero-order valence-corrected chi connectivity index (χ0v) is 21.5. The molecule has 0 aliphatic carbocycles. The van der Waals surface area contributed by atoms with Gasteiger partial charge in [0.1, 0.15) is 23.0 Å². The fourth-order valence-electron chi connectivity index (χ4n) is 4.57. The molecule has 1 heterocycles. The van der Waals surface area contributed by atoms with Gasteiger partial charge in [0.2, 0.25) is 0 Å². The fourth-order valence-corrected chi connectivity index (χ4v) is 4.76. The molecule has 1 aliphatic heterocycles. The van der Waals surface area contributed by atoms with E-state index in [2.05, 4.69) is 0 Å². The van der Waals surface area contributed by atoms with Crippen LogP contribution in [0.3, 0.4) is 0 Å². The number of Topliss-reactive ketones (excluding diaryl/α,β-unsaturated/α-hetero) is 1. The molecule has 1 unspecified atom stereocenters. The highest BCUT2D eigenvalue weighted by Crippen LogP contribution is 2.44. The van der Waals surface area contributed by atoms with Gasteiger partial charge in [-0.05, 0) is 66.6 Å². The van der Waals surface area contributed by atoms with E-state index in [-0.39, 0.29) is 11.3 Å². The maximum Gasteiger partial charge on any atom is 0.300 e. The van der Waals surface area contributed by atoms with E-state index >= 15 is 0 Å². The molecule has 0 radical (unpaired) electrons. The zero-order chi connectivity index (χ0) is 26.8. The van der Waals surface area contributed by atoms with Crippen molar-refractivity contribution in [2.45, 2.75) is 13.0 Å². The molecule has 0 aromatic heterocycles. The van der Waals surface area contributed by atoms with Crippen molar-refractivity contribution in [3.05, 3.63) is 124 Å². The number of aliphatic hydroxyl groups is 1. The van der Waals surface area contributed by atoms with Gasteiger partial charge in [0.15, 0.2) is 0 Å². The highest BCUT2D eigenvalue weighted by molar-refractivity contribution is 6.51. The number of benzene rings is 4. The largest absolute Gasteiger partial charge is 0.507 e. The number of ketones is 1. The maximum atomic E-state index is 13.5. The highest BCUT2D eigenvalue weighted by Gasteiger charge is 2.47. The molecule has 1 fully saturated rings. The summed E-state index contributed by atoms with van der Waals surface area (Å²) in [6.45, 7) is 1.87. The summed E-state index contributed by atoms with van der Waals surface area (Å²) in [5.41, 5.74) is 2.24. The Morgan fingerprint density at radius 3 is 2.32 bits per heavy atom. The monoisotopic (exact) mass is 525 g/mol. The first-order valence-corrected chi connectivity index (χ1v) is 12.3. The Balaban J connectivity index is 1.69. The second-order valence-electron chi connectivity index (χ2n) is 8.79. The first-order chi connectivity index (χ1) is 18.4. The molecule has 7 heteroatoms. The van der Waals surface area contributed by atoms with E-state index in [1.54, 1.807) is 48.5 Å². The standard InChI is InChI=1S/C31H24ClNO5/c1-19-9-6-7-14-25(19)33-28(20-10-8-13-23(17-20)38-22-11-4-3-5-12-22)27(30(35)31(33)36)29(34)21-15-16-24(32)26(18-21)37-2/h3-18,28,34H,1-2H3/b29-27-. The van der Waals surface area contributed by atoms with Crippen molar-refractivity contribution in [1.29, 1.82) is 0 Å². The number of para-hydroxylation sites is 2. The van der Waals surface area contributed by atoms with Crippen LogP contribution in [0, 0.1) is 6.92 Å². The van der Waals surface area contributed by atoms with Crippen LogP contribution in [0.1, 0.15) is 22.7 Å². The SMILES string of the molecule is COc1cc(/C(O)=C2/C(=O)C(=O)N(c3ccccc3C)C2c2cccc(Oc3ccccc3)c2)ccc1Cl. The number of carbonyl (C=O) groups is 2. The minimum atomic E-state index is -0.905. The molecule has 1 saturated heterocycles. The summed E-state index contributed by atoms with van der Waals surface area (Å²) in [7, 11) is 1.46. The Labute approximate surface area is 225 Å². The van der Waals surface area contributed by atoms with Gasteiger partial charge in [-0.25, -0.2) is 0 Å². The van der Waals surface area contributed by atoms with Gasteiger partial charge in [-0.3, -0.25) is 14.5 Å². The molecule has 1 amide bonds. The Morgan fingerprint density at radius 1 is 0.868 bits per heavy atom. The molecule has 1 aliphatic rings. The predicted molar refractivity (Wildman–Crippen MR) is 147 cm³/mol. The molecule has 0 saturated carbocycles. The smallest absolute Gasteiger partial charge is 0.300 e. The van der Waals surface area contributed by atoms with Gasteiger partial charge < -0.3 is 14.6 Å². The number of anilines is 1. The number of nitrogens with zero attached hydrogens (tertiary/aromatic N) is 1. The van der Waals surface area contributed by atoms with Crippen molar-refractivity contribution in [1.82, 2.24) is 0 Å². The first kappa shape index (κ1) is 25.1. The third kappa shape index (κ3) is 4.62. The normalized spacial score (nSPS) is 16.5. The number of ether oxygens (including phenoxy) is 2. The molecule has 5 rings (SSSR count). The Kier molecular flexibility index (Phi) is 6.90. The van der Waals surface area contributed by atoms with Crippen molar-refractivity contribution >= 4 is 34.7 Å². The summed E-state index contributed by atoms with van der Waals surface area (Å²) in [6.07, 6.45) is 0. The lowest BCUT2D eigenvalue weighted by Crippen LogP contribution is -2.30. The van der Waals surface area contributed by atoms with Crippen molar-refractivity contribution in [3.8, 4) is 17.2 Å². The molecule has 0 spiro atoms. The van der Waals surface area contributed by atoms with Crippen LogP contribution in [0.4, 0.5) is 5.69 Å². The second kappa shape index (κ2) is 10.4. The average molecular weight is 526 g/mol. The summed E-state index contributed by atoms with van der Waals surface area (Å²) >= 11 is 6.18. The lowest BCUT2D eigenvalue weighted by Gasteiger charge is -2.27. The van der Waals surface area contributed by atoms with Gasteiger partial charge in [-0.15, -0.1) is 0 Å². The number of methoxy groups -OCH3 is 1. The first-order valence-electron chi connectivity index (χ1n) is 11.9. The summed E-state index contributed by atoms with van der Waals surface area (Å²) in [5, 5.41) is 11.8. The summed E-state index contributed by atoms with van der Waals surface area (Å²) in [4.78, 5) is 28.4. The molecule has 38 heavy (non-hydrogen) atoms. The van der Waals surface area contributed by atoms with Gasteiger partial charge in [0.05, 0.1) is 23.7 Å². The van der Waals surface area contributed by atoms with E-state index in [1.807, 2.05) is 49.4 Å². The molecule has 4 aromatic carbocycles. The van der Waals surface area contributed by atoms with E-state index in [0.29, 0.717) is 39.1 Å². The van der Waals surface area contributed by atoms with Crippen LogP contribution in [-0.2, 0) is 9.59 Å². The van der Waals surface area contributed by atoms with Gasteiger partial charge in [-0.1, -0.05) is 60.1 Å². The summed E-state index contributed by atoms with van der Waals surface area (Å²) in [5.74, 6) is -0.351. The van der Waals surface area contributed by atoms with Gasteiger partial charge in [-0.2, -0.15) is 0 Å². The van der Waals surface area contributed by atoms with E-state index in [9.17, 15) is 14.7 Å². The number of rotatable bonds is 6. The third-order valence-electron chi connectivity index (χ3n) is 6.40. The Morgan fingerprint density at radius 2 is 1.58 bits per heavy atom. The average Bonchev–Trinajstić information content (AvgIpc) is 3.19. The molecule has 6 nitrogen and oxygen atoms in total. The van der Waals surface area contributed by atoms with Crippen molar-refractivity contribution in [2.75, 3.05) is 12.0 Å². The van der Waals surface area contributed by atoms with E-state index in [1.165, 1.54) is 18.1 Å². The van der Waals surface area contributed by atoms with Crippen LogP contribution in [0.25, 0.3) is 5.76 Å². The molecule has 190 valence electrons. The second-order valence-corrected chi connectivity index (χ2v) is 9.20. The number of aliphatic hydroxyl groups excluding tert-OH is 1. The Hall–Kier alpha value is -4.55. The van der Waals surface area contributed by atoms with Crippen LogP contribution in [0.2, 0.25) is 5.02 Å². The zero-order valence-electron chi connectivity index (χ0n) is 20.7. The van der Waals surface area contributed by atoms with Gasteiger partial charge >= 0.3 is 0 Å². The number of carbonyl (C=O) groups excluding carboxylic acids is 2. The van der Waals surface area contributed by atoms with E-state index in [0.717, 1.165) is 5.56 Å². The van der Waals surface area contributed by atoms with Crippen LogP contribution in [-0.4, -0.2) is 23.9 Å². The fraction of sp³-hybridized carbons (Fsp3) is 0.0968. The molecular formula is C31H24ClNO5. The highest BCUT2D eigenvalue weighted by atomic mass is 35.5. The molecule has 1 atom stereocenters. The third-order valence-corrected chi connectivity index (χ3v) is 6.71. The number of hydrogen-bond donors (Lipinski definition) is 1. The molecule has 4 aromatic rings. The van der Waals surface area contributed by atoms with Crippen LogP contribution in [0.15, 0.2) is 103 Å². The van der Waals surface area contributed by atoms with E-state index in [4.69, 9.17) is 21.1 Å². The van der Waals surface area contributed by atoms with Crippen molar-refractivity contribution < 1.29 is 24.2 Å². The quantitative estimate of drug-likeness (QED) is 0.165. The van der Waals surface area contributed by atoms with Gasteiger partial charge in [0.25, 0.3) is 11.7 Å². The minimum Gasteiger partial charge on any atom is -0.507 e. The maximum absolute atomic E-state index is 13.5. The molecular weight excluding hydrogens is 502 g/mol. The lowest BCUT2D eigenvalue weighted by atomic mass is 9.94. The number of aryl methyl sites for hydroxylation is 1. The van der Waals surface area contributed by atoms with Gasteiger partial charge in [0, 0.05) is 11.3 Å². The number of hydrogen-bond acceptors (Lipinski definition) is 5. The molecule has 1 N–H and O–H groups in total. The Bertz CT molecular complexity index is 1560. The van der Waals surface area contributed by atoms with Crippen LogP contribution >= 0.6 is 11.6 Å². The number of halogens is 1. The van der Waals surface area contributed by atoms with Crippen molar-refractivity contribution in [3.63, 3.8) is 0 Å². The summed E-state index contributed by atoms with van der Waals surface area (Å²) in [6, 6.07) is 27.5. The van der Waals surface area contributed by atoms with Crippen molar-refractivity contribution in [2.24, 2.45) is 0 Å². The minimum absolute atomic E-state index is 0.0421. The van der Waals surface area contributed by atoms with Crippen LogP contribution in [0.5, 0.6) is 17.2 Å². The van der Waals surface area contributed by atoms with Crippen LogP contribution < -0.4 is 14.4 Å². The molecule has 0 bridgehead atoms. The summed E-state index contributed by atoms with van der Waals surface area (Å²) < 4.78 is 11.3.